The van der Waals surface area contributed by atoms with Gasteiger partial charge in [-0.2, -0.15) is 0 Å². The third-order valence-electron chi connectivity index (χ3n) is 3.59. The molecule has 0 aliphatic rings. The molecule has 0 radical (unpaired) electrons. The maximum atomic E-state index is 5.85. The van der Waals surface area contributed by atoms with Gasteiger partial charge in [-0.05, 0) is 12.5 Å². The number of rotatable bonds is 15. The van der Waals surface area contributed by atoms with Crippen LogP contribution in [0.1, 0.15) is 83.5 Å². The Kier molecular flexibility index (Phi) is 16.3. The van der Waals surface area contributed by atoms with Gasteiger partial charge < -0.3 is 0 Å². The van der Waals surface area contributed by atoms with Gasteiger partial charge in [-0.1, -0.05) is 77.0 Å². The van der Waals surface area contributed by atoms with Crippen molar-refractivity contribution in [3.8, 4) is 0 Å². The van der Waals surface area contributed by atoms with E-state index in [1.807, 2.05) is 0 Å². The Balaban J connectivity index is 2.99. The Morgan fingerprint density at radius 2 is 0.750 bits per heavy atom. The van der Waals surface area contributed by atoms with Crippen LogP contribution in [0.15, 0.2) is 0 Å². The molecular weight excluding hydrogens is 350 g/mol. The maximum Gasteiger partial charge on any atom is 0.341 e. The van der Waals surface area contributed by atoms with Crippen molar-refractivity contribution in [2.75, 3.05) is 5.88 Å². The molecule has 0 nitrogen and oxygen atoms in total. The summed E-state index contributed by atoms with van der Waals surface area (Å²) < 4.78 is 0. The quantitative estimate of drug-likeness (QED) is 0.117. The molecule has 0 spiro atoms. The van der Waals surface area contributed by atoms with E-state index in [-0.39, 0.29) is 0 Å². The van der Waals surface area contributed by atoms with Crippen molar-refractivity contribution < 1.29 is 0 Å². The summed E-state index contributed by atoms with van der Waals surface area (Å²) in [5.74, 6) is 0.823. The highest BCUT2D eigenvalue weighted by atomic mass is 35.8. The van der Waals surface area contributed by atoms with Gasteiger partial charge in [0.1, 0.15) is 0 Å². The lowest BCUT2D eigenvalue weighted by Gasteiger charge is -2.06. The molecule has 0 aromatic heterocycles. The molecule has 0 atom stereocenters. The second kappa shape index (κ2) is 15.3. The lowest BCUT2D eigenvalue weighted by molar-refractivity contribution is 0.543. The largest absolute Gasteiger partial charge is 0.341 e. The van der Waals surface area contributed by atoms with Crippen molar-refractivity contribution in [3.05, 3.63) is 0 Å². The Morgan fingerprint density at radius 1 is 0.450 bits per heavy atom. The number of hydrogen-bond acceptors (Lipinski definition) is 0. The molecule has 5 heteroatoms. The number of halogens is 4. The molecule has 0 bridgehead atoms. The molecule has 0 N–H and O–H groups in total. The third kappa shape index (κ3) is 19.4. The molecule has 0 amide bonds. The third-order valence-corrected chi connectivity index (χ3v) is 6.48. The van der Waals surface area contributed by atoms with Crippen molar-refractivity contribution >= 4 is 50.8 Å². The van der Waals surface area contributed by atoms with Crippen molar-refractivity contribution in [1.29, 1.82) is 0 Å². The van der Waals surface area contributed by atoms with Crippen LogP contribution in [0.3, 0.4) is 0 Å². The Morgan fingerprint density at radius 3 is 1.05 bits per heavy atom. The number of unbranched alkanes of at least 4 members (excludes halogenated alkanes) is 12. The van der Waals surface area contributed by atoms with Gasteiger partial charge in [-0.25, -0.2) is 0 Å². The van der Waals surface area contributed by atoms with Gasteiger partial charge in [-0.15, -0.1) is 44.8 Å². The van der Waals surface area contributed by atoms with E-state index >= 15 is 0 Å². The predicted octanol–water partition coefficient (Wildman–Crippen LogP) is 7.95. The molecule has 0 saturated heterocycles. The highest BCUT2D eigenvalue weighted by Gasteiger charge is 2.23. The van der Waals surface area contributed by atoms with Gasteiger partial charge in [0.25, 0.3) is 0 Å². The summed E-state index contributed by atoms with van der Waals surface area (Å²) >= 11 is 23.2. The van der Waals surface area contributed by atoms with Crippen LogP contribution in [0.4, 0.5) is 0 Å². The Labute approximate surface area is 146 Å². The molecule has 0 aromatic carbocycles. The molecule has 0 aromatic rings. The normalized spacial score (nSPS) is 12.0. The number of alkyl halides is 1. The molecule has 0 unspecified atom stereocenters. The molecular formula is C15H30Cl4Si. The van der Waals surface area contributed by atoms with Crippen LogP contribution < -0.4 is 0 Å². The first-order chi connectivity index (χ1) is 9.56. The summed E-state index contributed by atoms with van der Waals surface area (Å²) in [7, 11) is 0. The summed E-state index contributed by atoms with van der Waals surface area (Å²) in [6, 6.07) is -1.53. The molecule has 0 heterocycles. The Hall–Kier alpha value is 1.38. The van der Waals surface area contributed by atoms with Crippen LogP contribution in [0.25, 0.3) is 0 Å². The van der Waals surface area contributed by atoms with Gasteiger partial charge in [0.15, 0.2) is 0 Å². The average molecular weight is 380 g/mol. The first-order valence-electron chi connectivity index (χ1n) is 8.19. The summed E-state index contributed by atoms with van der Waals surface area (Å²) in [5.41, 5.74) is 0. The standard InChI is InChI=1S/C15H30Cl4Si/c16-14-12-10-8-6-4-2-1-3-5-7-9-11-13-15-20(17,18)19/h1-15H2. The monoisotopic (exact) mass is 378 g/mol. The van der Waals surface area contributed by atoms with E-state index in [4.69, 9.17) is 44.8 Å². The first-order valence-corrected chi connectivity index (χ1v) is 14.0. The zero-order valence-electron chi connectivity index (χ0n) is 12.6. The molecule has 0 rings (SSSR count). The Bertz CT molecular complexity index is 195. The molecule has 0 aliphatic carbocycles. The van der Waals surface area contributed by atoms with Crippen LogP contribution in [0.2, 0.25) is 6.04 Å². The van der Waals surface area contributed by atoms with Crippen molar-refractivity contribution in [1.82, 2.24) is 0 Å². The molecule has 0 saturated carbocycles. The van der Waals surface area contributed by atoms with Crippen LogP contribution in [-0.2, 0) is 0 Å². The maximum absolute atomic E-state index is 5.85. The van der Waals surface area contributed by atoms with E-state index in [2.05, 4.69) is 0 Å². The zero-order valence-corrected chi connectivity index (χ0v) is 16.6. The highest BCUT2D eigenvalue weighted by molar-refractivity contribution is 7.64. The van der Waals surface area contributed by atoms with Crippen LogP contribution in [0, 0.1) is 0 Å². The van der Waals surface area contributed by atoms with Crippen LogP contribution in [0.5, 0.6) is 0 Å². The molecule has 0 aliphatic heterocycles. The minimum atomic E-state index is -2.35. The molecule has 122 valence electrons. The van der Waals surface area contributed by atoms with Gasteiger partial charge in [-0.3, -0.25) is 0 Å². The SMILES string of the molecule is ClCCCCCCCCCCCCCCC[Si](Cl)(Cl)Cl. The summed E-state index contributed by atoms with van der Waals surface area (Å²) in [6.07, 6.45) is 17.2. The fourth-order valence-corrected chi connectivity index (χ4v) is 4.41. The van der Waals surface area contributed by atoms with Gasteiger partial charge in [0.05, 0.1) is 0 Å². The summed E-state index contributed by atoms with van der Waals surface area (Å²) in [4.78, 5) is 0. The van der Waals surface area contributed by atoms with E-state index in [1.54, 1.807) is 0 Å². The second-order valence-electron chi connectivity index (χ2n) is 5.65. The summed E-state index contributed by atoms with van der Waals surface area (Å²) in [5, 5.41) is 0. The van der Waals surface area contributed by atoms with Gasteiger partial charge in [0, 0.05) is 5.88 Å². The van der Waals surface area contributed by atoms with E-state index in [0.717, 1.165) is 18.3 Å². The molecule has 0 fully saturated rings. The van der Waals surface area contributed by atoms with Crippen LogP contribution >= 0.6 is 44.8 Å². The summed E-state index contributed by atoms with van der Waals surface area (Å²) in [6.45, 7) is 0. The van der Waals surface area contributed by atoms with Crippen LogP contribution in [-0.4, -0.2) is 11.9 Å². The fourth-order valence-electron chi connectivity index (χ4n) is 2.36. The van der Waals surface area contributed by atoms with Crippen molar-refractivity contribution in [3.63, 3.8) is 0 Å². The second-order valence-corrected chi connectivity index (χ2v) is 15.3. The first kappa shape index (κ1) is 21.4. The molecule has 20 heavy (non-hydrogen) atoms. The minimum absolute atomic E-state index is 0.821. The van der Waals surface area contributed by atoms with Crippen molar-refractivity contribution in [2.24, 2.45) is 0 Å². The van der Waals surface area contributed by atoms with E-state index in [9.17, 15) is 0 Å². The topological polar surface area (TPSA) is 0 Å². The zero-order chi connectivity index (χ0) is 15.1. The lowest BCUT2D eigenvalue weighted by atomic mass is 10.0. The fraction of sp³-hybridized carbons (Fsp3) is 1.00. The number of hydrogen-bond donors (Lipinski definition) is 0. The van der Waals surface area contributed by atoms with E-state index < -0.39 is 6.00 Å². The van der Waals surface area contributed by atoms with Gasteiger partial charge in [0.2, 0.25) is 0 Å². The highest BCUT2D eigenvalue weighted by Crippen LogP contribution is 2.27. The van der Waals surface area contributed by atoms with Crippen molar-refractivity contribution in [2.45, 2.75) is 89.5 Å². The predicted molar refractivity (Wildman–Crippen MR) is 98.9 cm³/mol. The average Bonchev–Trinajstić information content (AvgIpc) is 2.38. The van der Waals surface area contributed by atoms with E-state index in [1.165, 1.54) is 77.0 Å². The van der Waals surface area contributed by atoms with E-state index in [0.29, 0.717) is 0 Å². The minimum Gasteiger partial charge on any atom is -0.127 e. The smallest absolute Gasteiger partial charge is 0.127 e. The lowest BCUT2D eigenvalue weighted by Crippen LogP contribution is -2.07. The van der Waals surface area contributed by atoms with Gasteiger partial charge >= 0.3 is 6.00 Å².